The van der Waals surface area contributed by atoms with Gasteiger partial charge in [0.2, 0.25) is 0 Å². The molecular formula is C26H27F2N3O3. The summed E-state index contributed by atoms with van der Waals surface area (Å²) in [5.74, 6) is 0.162. The Balaban J connectivity index is 0.00000324. The highest BCUT2D eigenvalue weighted by Gasteiger charge is 2.24. The fourth-order valence-electron chi connectivity index (χ4n) is 3.66. The molecule has 178 valence electrons. The molecule has 6 nitrogen and oxygen atoms in total. The predicted octanol–water partition coefficient (Wildman–Crippen LogP) is 5.40. The van der Waals surface area contributed by atoms with Crippen molar-refractivity contribution in [1.29, 1.82) is 0 Å². The smallest absolute Gasteiger partial charge is 0.251 e. The predicted molar refractivity (Wildman–Crippen MR) is 128 cm³/mol. The summed E-state index contributed by atoms with van der Waals surface area (Å²) in [6.45, 7) is 0.645. The van der Waals surface area contributed by atoms with E-state index in [-0.39, 0.29) is 13.2 Å². The molecule has 0 aliphatic rings. The largest absolute Gasteiger partial charge is 0.497 e. The SMILES string of the molecule is C.COc1cccc([C@@H](Oc2ccc3c(cnn3-c3ccc(F)cc3)c2)[C@H](C)NC(=O)CF)c1. The number of nitrogens with one attached hydrogen (secondary N) is 1. The Labute approximate surface area is 197 Å². The van der Waals surface area contributed by atoms with E-state index in [1.807, 2.05) is 30.3 Å². The van der Waals surface area contributed by atoms with Crippen LogP contribution in [0.15, 0.2) is 72.9 Å². The van der Waals surface area contributed by atoms with Gasteiger partial charge in [0.15, 0.2) is 6.67 Å². The number of alkyl halides is 1. The van der Waals surface area contributed by atoms with E-state index in [0.717, 1.165) is 22.2 Å². The van der Waals surface area contributed by atoms with Crippen molar-refractivity contribution in [3.63, 3.8) is 0 Å². The molecule has 0 fully saturated rings. The number of amides is 1. The summed E-state index contributed by atoms with van der Waals surface area (Å²) in [4.78, 5) is 11.7. The number of carbonyl (C=O) groups is 1. The van der Waals surface area contributed by atoms with Gasteiger partial charge in [-0.1, -0.05) is 19.6 Å². The maximum absolute atomic E-state index is 13.3. The standard InChI is InChI=1S/C25H23F2N3O3.CH4/c1-16(29-24(31)14-26)25(17-4-3-5-21(12-17)32-2)33-22-10-11-23-18(13-22)15-28-30(23)20-8-6-19(27)7-9-20;/h3-13,15-16,25H,14H2,1-2H3,(H,29,31);1H4/t16-,25-;/m0./s1. The first-order valence-electron chi connectivity index (χ1n) is 10.4. The number of halogens is 2. The van der Waals surface area contributed by atoms with Crippen molar-refractivity contribution >= 4 is 16.8 Å². The van der Waals surface area contributed by atoms with Gasteiger partial charge in [0, 0.05) is 5.39 Å². The molecule has 3 aromatic carbocycles. The fraction of sp³-hybridized carbons (Fsp3) is 0.231. The average Bonchev–Trinajstić information content (AvgIpc) is 3.26. The molecule has 0 radical (unpaired) electrons. The highest BCUT2D eigenvalue weighted by atomic mass is 19.1. The van der Waals surface area contributed by atoms with Crippen molar-refractivity contribution < 1.29 is 23.0 Å². The van der Waals surface area contributed by atoms with Gasteiger partial charge in [-0.25, -0.2) is 13.5 Å². The zero-order valence-electron chi connectivity index (χ0n) is 18.2. The summed E-state index contributed by atoms with van der Waals surface area (Å²) in [6, 6.07) is 18.3. The Morgan fingerprint density at radius 3 is 2.56 bits per heavy atom. The molecule has 34 heavy (non-hydrogen) atoms. The van der Waals surface area contributed by atoms with Crippen molar-refractivity contribution in [1.82, 2.24) is 15.1 Å². The van der Waals surface area contributed by atoms with Crippen LogP contribution in [0.3, 0.4) is 0 Å². The van der Waals surface area contributed by atoms with E-state index in [2.05, 4.69) is 10.4 Å². The molecule has 0 spiro atoms. The van der Waals surface area contributed by atoms with Crippen LogP contribution in [0, 0.1) is 5.82 Å². The number of aromatic nitrogens is 2. The molecular weight excluding hydrogens is 440 g/mol. The number of rotatable bonds is 8. The van der Waals surface area contributed by atoms with Crippen LogP contribution in [0.4, 0.5) is 8.78 Å². The third-order valence-electron chi connectivity index (χ3n) is 5.26. The second-order valence-corrected chi connectivity index (χ2v) is 7.56. The molecule has 2 atom stereocenters. The van der Waals surface area contributed by atoms with Gasteiger partial charge in [-0.05, 0) is 67.1 Å². The van der Waals surface area contributed by atoms with E-state index < -0.39 is 24.7 Å². The molecule has 0 bridgehead atoms. The molecule has 0 saturated carbocycles. The highest BCUT2D eigenvalue weighted by Crippen LogP contribution is 2.30. The molecule has 0 aliphatic carbocycles. The zero-order chi connectivity index (χ0) is 23.4. The molecule has 1 N–H and O–H groups in total. The van der Waals surface area contributed by atoms with Crippen LogP contribution >= 0.6 is 0 Å². The minimum atomic E-state index is -1.11. The third-order valence-corrected chi connectivity index (χ3v) is 5.26. The van der Waals surface area contributed by atoms with Gasteiger partial charge in [0.05, 0.1) is 30.6 Å². The molecule has 1 amide bonds. The van der Waals surface area contributed by atoms with E-state index in [1.54, 1.807) is 49.2 Å². The van der Waals surface area contributed by atoms with Crippen LogP contribution in [0.25, 0.3) is 16.6 Å². The molecule has 1 aromatic heterocycles. The van der Waals surface area contributed by atoms with E-state index in [1.165, 1.54) is 12.1 Å². The topological polar surface area (TPSA) is 65.4 Å². The number of ether oxygens (including phenoxy) is 2. The quantitative estimate of drug-likeness (QED) is 0.377. The number of nitrogens with zero attached hydrogens (tertiary/aromatic N) is 2. The highest BCUT2D eigenvalue weighted by molar-refractivity contribution is 5.81. The lowest BCUT2D eigenvalue weighted by molar-refractivity contribution is -0.123. The number of fused-ring (bicyclic) bond motifs is 1. The lowest BCUT2D eigenvalue weighted by atomic mass is 10.0. The van der Waals surface area contributed by atoms with Crippen LogP contribution in [-0.4, -0.2) is 35.5 Å². The number of carbonyl (C=O) groups excluding carboxylic acids is 1. The van der Waals surface area contributed by atoms with Gasteiger partial charge in [0.25, 0.3) is 5.91 Å². The van der Waals surface area contributed by atoms with Crippen LogP contribution in [0.5, 0.6) is 11.5 Å². The molecule has 0 unspecified atom stereocenters. The summed E-state index contributed by atoms with van der Waals surface area (Å²) in [6.07, 6.45) is 1.10. The third kappa shape index (κ3) is 5.33. The number of hydrogen-bond donors (Lipinski definition) is 1. The normalized spacial score (nSPS) is 12.5. The fourth-order valence-corrected chi connectivity index (χ4v) is 3.66. The molecule has 8 heteroatoms. The van der Waals surface area contributed by atoms with Gasteiger partial charge in [0.1, 0.15) is 23.4 Å². The Bertz CT molecular complexity index is 1260. The van der Waals surface area contributed by atoms with Gasteiger partial charge < -0.3 is 14.8 Å². The van der Waals surface area contributed by atoms with Crippen LogP contribution < -0.4 is 14.8 Å². The van der Waals surface area contributed by atoms with Crippen LogP contribution in [0.2, 0.25) is 0 Å². The number of methoxy groups -OCH3 is 1. The molecule has 0 saturated heterocycles. The van der Waals surface area contributed by atoms with E-state index >= 15 is 0 Å². The van der Waals surface area contributed by atoms with Crippen LogP contribution in [-0.2, 0) is 4.79 Å². The van der Waals surface area contributed by atoms with Gasteiger partial charge in [-0.3, -0.25) is 4.79 Å². The summed E-state index contributed by atoms with van der Waals surface area (Å²) in [7, 11) is 1.57. The van der Waals surface area contributed by atoms with E-state index in [9.17, 15) is 13.6 Å². The minimum absolute atomic E-state index is 0. The van der Waals surface area contributed by atoms with E-state index in [4.69, 9.17) is 9.47 Å². The molecule has 0 aliphatic heterocycles. The second kappa shape index (κ2) is 10.8. The van der Waals surface area contributed by atoms with Gasteiger partial charge in [-0.2, -0.15) is 5.10 Å². The number of benzene rings is 3. The van der Waals surface area contributed by atoms with E-state index in [0.29, 0.717) is 11.5 Å². The Kier molecular flexibility index (Phi) is 7.83. The number of hydrogen-bond acceptors (Lipinski definition) is 4. The first-order chi connectivity index (χ1) is 16.0. The Morgan fingerprint density at radius 1 is 1.09 bits per heavy atom. The molecule has 1 heterocycles. The Morgan fingerprint density at radius 2 is 1.85 bits per heavy atom. The summed E-state index contributed by atoms with van der Waals surface area (Å²) in [5, 5.41) is 7.85. The van der Waals surface area contributed by atoms with Crippen molar-refractivity contribution in [3.8, 4) is 17.2 Å². The molecule has 4 rings (SSSR count). The van der Waals surface area contributed by atoms with Crippen molar-refractivity contribution in [2.75, 3.05) is 13.8 Å². The van der Waals surface area contributed by atoms with Crippen LogP contribution in [0.1, 0.15) is 26.0 Å². The second-order valence-electron chi connectivity index (χ2n) is 7.56. The summed E-state index contributed by atoms with van der Waals surface area (Å²) >= 11 is 0. The first-order valence-corrected chi connectivity index (χ1v) is 10.4. The van der Waals surface area contributed by atoms with Crippen molar-refractivity contribution in [2.45, 2.75) is 26.5 Å². The van der Waals surface area contributed by atoms with Crippen molar-refractivity contribution in [2.24, 2.45) is 0 Å². The van der Waals surface area contributed by atoms with Crippen molar-refractivity contribution in [3.05, 3.63) is 84.3 Å². The summed E-state index contributed by atoms with van der Waals surface area (Å²) < 4.78 is 39.4. The maximum atomic E-state index is 13.3. The lowest BCUT2D eigenvalue weighted by Crippen LogP contribution is -2.39. The zero-order valence-corrected chi connectivity index (χ0v) is 18.2. The van der Waals surface area contributed by atoms with Gasteiger partial charge in [-0.15, -0.1) is 0 Å². The van der Waals surface area contributed by atoms with Gasteiger partial charge >= 0.3 is 0 Å². The summed E-state index contributed by atoms with van der Waals surface area (Å²) in [5.41, 5.74) is 2.32. The first kappa shape index (κ1) is 24.7. The lowest BCUT2D eigenvalue weighted by Gasteiger charge is -2.26. The average molecular weight is 468 g/mol. The minimum Gasteiger partial charge on any atom is -0.497 e. The maximum Gasteiger partial charge on any atom is 0.251 e. The monoisotopic (exact) mass is 467 g/mol. The molecule has 4 aromatic rings. The Hall–Kier alpha value is -3.94.